The average molecular weight is 430 g/mol. The lowest BCUT2D eigenvalue weighted by Crippen LogP contribution is -2.30. The number of carbonyl (C=O) groups excluding carboxylic acids is 1. The van der Waals surface area contributed by atoms with Gasteiger partial charge < -0.3 is 9.30 Å². The van der Waals surface area contributed by atoms with E-state index in [-0.39, 0.29) is 5.56 Å². The average Bonchev–Trinajstić information content (AvgIpc) is 2.72. The zero-order valence-electron chi connectivity index (χ0n) is 15.4. The predicted octanol–water partition coefficient (Wildman–Crippen LogP) is 3.98. The van der Waals surface area contributed by atoms with E-state index in [9.17, 15) is 9.59 Å². The molecule has 0 atom stereocenters. The molecule has 148 valence electrons. The van der Waals surface area contributed by atoms with E-state index in [2.05, 4.69) is 10.5 Å². The van der Waals surface area contributed by atoms with Crippen molar-refractivity contribution in [1.82, 2.24) is 9.99 Å². The van der Waals surface area contributed by atoms with Gasteiger partial charge in [0, 0.05) is 11.8 Å². The molecule has 0 radical (unpaired) electrons. The maximum absolute atomic E-state index is 12.7. The van der Waals surface area contributed by atoms with E-state index in [1.807, 2.05) is 24.3 Å². The van der Waals surface area contributed by atoms with Crippen molar-refractivity contribution in [1.29, 1.82) is 0 Å². The Morgan fingerprint density at radius 1 is 1.10 bits per heavy atom. The topological polar surface area (TPSA) is 72.7 Å². The number of pyridine rings is 1. The van der Waals surface area contributed by atoms with Crippen LogP contribution in [-0.4, -0.2) is 23.8 Å². The molecule has 1 amide bonds. The Morgan fingerprint density at radius 3 is 2.45 bits per heavy atom. The Balaban J connectivity index is 1.75. The van der Waals surface area contributed by atoms with Crippen LogP contribution in [0.1, 0.15) is 21.5 Å². The largest absolute Gasteiger partial charge is 0.497 e. The summed E-state index contributed by atoms with van der Waals surface area (Å²) < 4.78 is 6.58. The lowest BCUT2D eigenvalue weighted by atomic mass is 10.2. The Bertz CT molecular complexity index is 1090. The highest BCUT2D eigenvalue weighted by Crippen LogP contribution is 2.22. The number of hydrogen-bond acceptors (Lipinski definition) is 4. The minimum Gasteiger partial charge on any atom is -0.497 e. The molecule has 0 aliphatic carbocycles. The van der Waals surface area contributed by atoms with Gasteiger partial charge in [-0.25, -0.2) is 5.43 Å². The van der Waals surface area contributed by atoms with E-state index in [1.165, 1.54) is 16.8 Å². The predicted molar refractivity (Wildman–Crippen MR) is 114 cm³/mol. The molecule has 8 heteroatoms. The maximum atomic E-state index is 12.7. The van der Waals surface area contributed by atoms with Gasteiger partial charge in [-0.15, -0.1) is 0 Å². The SMILES string of the molecule is COc1ccc(Cn2cccc(C(=O)N/N=C\c3c(Cl)cccc3Cl)c2=O)cc1. The molecule has 3 aromatic rings. The summed E-state index contributed by atoms with van der Waals surface area (Å²) in [5.41, 5.74) is 3.26. The fraction of sp³-hybridized carbons (Fsp3) is 0.0952. The van der Waals surface area contributed by atoms with Crippen molar-refractivity contribution in [3.8, 4) is 5.75 Å². The number of aromatic nitrogens is 1. The number of hydrogen-bond donors (Lipinski definition) is 1. The number of nitrogens with zero attached hydrogens (tertiary/aromatic N) is 2. The first-order valence-electron chi connectivity index (χ1n) is 8.59. The molecule has 29 heavy (non-hydrogen) atoms. The Morgan fingerprint density at radius 2 is 1.79 bits per heavy atom. The summed E-state index contributed by atoms with van der Waals surface area (Å²) in [5.74, 6) is 0.101. The Labute approximate surface area is 177 Å². The van der Waals surface area contributed by atoms with Crippen molar-refractivity contribution in [3.63, 3.8) is 0 Å². The van der Waals surface area contributed by atoms with Gasteiger partial charge in [0.15, 0.2) is 0 Å². The summed E-state index contributed by atoms with van der Waals surface area (Å²) in [6, 6.07) is 15.4. The van der Waals surface area contributed by atoms with Crippen LogP contribution in [0.5, 0.6) is 5.75 Å². The fourth-order valence-corrected chi connectivity index (χ4v) is 3.11. The minimum atomic E-state index is -0.626. The van der Waals surface area contributed by atoms with Crippen molar-refractivity contribution in [2.24, 2.45) is 5.10 Å². The second-order valence-corrected chi connectivity index (χ2v) is 6.85. The van der Waals surface area contributed by atoms with Crippen molar-refractivity contribution in [2.45, 2.75) is 6.54 Å². The van der Waals surface area contributed by atoms with Crippen LogP contribution < -0.4 is 15.7 Å². The van der Waals surface area contributed by atoms with E-state index in [0.717, 1.165) is 11.3 Å². The number of hydrazone groups is 1. The molecule has 0 aliphatic rings. The van der Waals surface area contributed by atoms with Crippen LogP contribution in [0.2, 0.25) is 10.0 Å². The van der Waals surface area contributed by atoms with E-state index in [1.54, 1.807) is 37.6 Å². The molecule has 1 aromatic heterocycles. The quantitative estimate of drug-likeness (QED) is 0.475. The number of carbonyl (C=O) groups is 1. The summed E-state index contributed by atoms with van der Waals surface area (Å²) in [4.78, 5) is 25.1. The number of nitrogens with one attached hydrogen (secondary N) is 1. The highest BCUT2D eigenvalue weighted by molar-refractivity contribution is 6.38. The number of methoxy groups -OCH3 is 1. The molecule has 0 saturated heterocycles. The van der Waals surface area contributed by atoms with Crippen molar-refractivity contribution >= 4 is 35.3 Å². The van der Waals surface area contributed by atoms with E-state index in [4.69, 9.17) is 27.9 Å². The van der Waals surface area contributed by atoms with Gasteiger partial charge in [0.1, 0.15) is 11.3 Å². The van der Waals surface area contributed by atoms with Gasteiger partial charge in [-0.2, -0.15) is 5.10 Å². The molecular formula is C21H17Cl2N3O3. The smallest absolute Gasteiger partial charge is 0.276 e. The third-order valence-corrected chi connectivity index (χ3v) is 4.80. The standard InChI is InChI=1S/C21H17Cl2N3O3/c1-29-15-9-7-14(8-10-15)13-26-11-3-4-16(21(26)28)20(27)25-24-12-17-18(22)5-2-6-19(17)23/h2-12H,13H2,1H3,(H,25,27)/b24-12-. The summed E-state index contributed by atoms with van der Waals surface area (Å²) in [6.07, 6.45) is 2.96. The molecule has 0 fully saturated rings. The van der Waals surface area contributed by atoms with Gasteiger partial charge >= 0.3 is 0 Å². The Kier molecular flexibility index (Phi) is 6.69. The van der Waals surface area contributed by atoms with Crippen LogP contribution in [0.4, 0.5) is 0 Å². The first-order chi connectivity index (χ1) is 14.0. The number of halogens is 2. The first kappa shape index (κ1) is 20.6. The summed E-state index contributed by atoms with van der Waals surface area (Å²) in [7, 11) is 1.59. The van der Waals surface area contributed by atoms with Gasteiger partial charge in [-0.1, -0.05) is 41.4 Å². The van der Waals surface area contributed by atoms with Crippen LogP contribution in [-0.2, 0) is 6.54 Å². The van der Waals surface area contributed by atoms with Gasteiger partial charge in [0.2, 0.25) is 0 Å². The van der Waals surface area contributed by atoms with Crippen molar-refractivity contribution < 1.29 is 9.53 Å². The zero-order valence-corrected chi connectivity index (χ0v) is 16.9. The Hall–Kier alpha value is -3.09. The summed E-state index contributed by atoms with van der Waals surface area (Å²) in [6.45, 7) is 0.322. The number of benzene rings is 2. The van der Waals surface area contributed by atoms with E-state index in [0.29, 0.717) is 22.2 Å². The van der Waals surface area contributed by atoms with Gasteiger partial charge in [0.05, 0.1) is 29.9 Å². The number of ether oxygens (including phenoxy) is 1. The zero-order chi connectivity index (χ0) is 20.8. The van der Waals surface area contributed by atoms with E-state index < -0.39 is 11.5 Å². The molecule has 2 aromatic carbocycles. The second-order valence-electron chi connectivity index (χ2n) is 6.04. The maximum Gasteiger partial charge on any atom is 0.276 e. The molecule has 0 saturated carbocycles. The normalized spacial score (nSPS) is 10.9. The van der Waals surface area contributed by atoms with Crippen molar-refractivity contribution in [3.05, 3.63) is 97.9 Å². The van der Waals surface area contributed by atoms with Crippen LogP contribution in [0.15, 0.2) is 70.7 Å². The molecule has 6 nitrogen and oxygen atoms in total. The highest BCUT2D eigenvalue weighted by atomic mass is 35.5. The van der Waals surface area contributed by atoms with Crippen LogP contribution in [0, 0.1) is 0 Å². The second kappa shape index (κ2) is 9.41. The molecule has 1 N–H and O–H groups in total. The summed E-state index contributed by atoms with van der Waals surface area (Å²) >= 11 is 12.1. The molecule has 0 unspecified atom stereocenters. The van der Waals surface area contributed by atoms with Gasteiger partial charge in [-0.3, -0.25) is 9.59 Å². The third kappa shape index (κ3) is 5.04. The number of amides is 1. The number of rotatable bonds is 6. The third-order valence-electron chi connectivity index (χ3n) is 4.14. The lowest BCUT2D eigenvalue weighted by molar-refractivity contribution is 0.0953. The van der Waals surface area contributed by atoms with Crippen LogP contribution in [0.3, 0.4) is 0 Å². The van der Waals surface area contributed by atoms with E-state index >= 15 is 0 Å². The molecule has 0 spiro atoms. The minimum absolute atomic E-state index is 0.0246. The van der Waals surface area contributed by atoms with Gasteiger partial charge in [0.25, 0.3) is 11.5 Å². The molecule has 0 aliphatic heterocycles. The molecular weight excluding hydrogens is 413 g/mol. The fourth-order valence-electron chi connectivity index (χ4n) is 2.61. The summed E-state index contributed by atoms with van der Waals surface area (Å²) in [5, 5.41) is 4.66. The van der Waals surface area contributed by atoms with Crippen LogP contribution in [0.25, 0.3) is 0 Å². The molecule has 1 heterocycles. The molecule has 0 bridgehead atoms. The van der Waals surface area contributed by atoms with Crippen molar-refractivity contribution in [2.75, 3.05) is 7.11 Å². The highest BCUT2D eigenvalue weighted by Gasteiger charge is 2.12. The monoisotopic (exact) mass is 429 g/mol. The lowest BCUT2D eigenvalue weighted by Gasteiger charge is -2.08. The van der Waals surface area contributed by atoms with Gasteiger partial charge in [-0.05, 0) is 42.0 Å². The van der Waals surface area contributed by atoms with Crippen LogP contribution >= 0.6 is 23.2 Å². The first-order valence-corrected chi connectivity index (χ1v) is 9.35. The molecule has 3 rings (SSSR count).